The summed E-state index contributed by atoms with van der Waals surface area (Å²) >= 11 is 0. The zero-order chi connectivity index (χ0) is 17.0. The summed E-state index contributed by atoms with van der Waals surface area (Å²) in [5.74, 6) is -0.450. The normalized spacial score (nSPS) is 21.5. The molecule has 2 aromatic rings. The number of aromatic nitrogens is 3. The third kappa shape index (κ3) is 2.10. The molecule has 0 aliphatic carbocycles. The fourth-order valence-electron chi connectivity index (χ4n) is 2.46. The molecule has 23 heavy (non-hydrogen) atoms. The molecule has 0 bridgehead atoms. The summed E-state index contributed by atoms with van der Waals surface area (Å²) in [6, 6.07) is 3.37. The van der Waals surface area contributed by atoms with Gasteiger partial charge in [0, 0.05) is 18.8 Å². The second-order valence-electron chi connectivity index (χ2n) is 5.04. The molecule has 0 amide bonds. The van der Waals surface area contributed by atoms with Gasteiger partial charge in [0.25, 0.3) is 10.0 Å². The van der Waals surface area contributed by atoms with E-state index in [4.69, 9.17) is 0 Å². The number of aryl methyl sites for hydroxylation is 1. The van der Waals surface area contributed by atoms with Crippen LogP contribution in [0.4, 0.5) is 19.0 Å². The fourth-order valence-corrected chi connectivity index (χ4v) is 4.02. The maximum Gasteiger partial charge on any atom is 0.423 e. The maximum atomic E-state index is 13.3. The Morgan fingerprint density at radius 2 is 2.00 bits per heavy atom. The summed E-state index contributed by atoms with van der Waals surface area (Å²) in [7, 11) is -3.01. The van der Waals surface area contributed by atoms with Crippen LogP contribution in [0, 0.1) is 0 Å². The number of sulfonamides is 1. The average Bonchev–Trinajstić information content (AvgIpc) is 3.02. The molecule has 1 N–H and O–H groups in total. The fraction of sp³-hybridized carbons (Fsp3) is 0.333. The van der Waals surface area contributed by atoms with Gasteiger partial charge in [0.15, 0.2) is 5.03 Å². The first-order valence-corrected chi connectivity index (χ1v) is 7.78. The van der Waals surface area contributed by atoms with Gasteiger partial charge >= 0.3 is 6.18 Å². The number of β-amino-alcohol motifs (C(OH)–C–C–N with tert-alkyl or cyclic N) is 1. The van der Waals surface area contributed by atoms with E-state index in [-0.39, 0.29) is 5.03 Å². The molecule has 0 saturated heterocycles. The Bertz CT molecular complexity index is 864. The molecule has 0 fully saturated rings. The van der Waals surface area contributed by atoms with E-state index in [0.717, 1.165) is 23.0 Å². The number of alkyl halides is 3. The quantitative estimate of drug-likeness (QED) is 0.866. The van der Waals surface area contributed by atoms with Crippen LogP contribution in [-0.4, -0.2) is 41.0 Å². The topological polar surface area (TPSA) is 88.3 Å². The second-order valence-corrected chi connectivity index (χ2v) is 6.85. The number of pyridine rings is 1. The SMILES string of the molecule is Cn1nccc1S(=O)(=O)N1CC(O)(C(F)(F)F)c2cccnc21. The molecular weight excluding hydrogens is 337 g/mol. The first-order chi connectivity index (χ1) is 10.6. The van der Waals surface area contributed by atoms with Gasteiger partial charge in [-0.05, 0) is 12.1 Å². The van der Waals surface area contributed by atoms with E-state index in [1.54, 1.807) is 0 Å². The van der Waals surface area contributed by atoms with E-state index >= 15 is 0 Å². The van der Waals surface area contributed by atoms with Crippen LogP contribution in [0.2, 0.25) is 0 Å². The lowest BCUT2D eigenvalue weighted by Gasteiger charge is -2.26. The van der Waals surface area contributed by atoms with E-state index in [0.29, 0.717) is 4.31 Å². The molecule has 124 valence electrons. The van der Waals surface area contributed by atoms with Crippen molar-refractivity contribution in [2.75, 3.05) is 10.8 Å². The number of nitrogens with zero attached hydrogens (tertiary/aromatic N) is 4. The minimum absolute atomic E-state index is 0.305. The smallest absolute Gasteiger partial charge is 0.375 e. The van der Waals surface area contributed by atoms with Gasteiger partial charge in [-0.2, -0.15) is 26.7 Å². The van der Waals surface area contributed by atoms with E-state index in [2.05, 4.69) is 10.1 Å². The minimum Gasteiger partial charge on any atom is -0.375 e. The molecule has 1 atom stereocenters. The van der Waals surface area contributed by atoms with Crippen LogP contribution in [0.1, 0.15) is 5.56 Å². The predicted octanol–water partition coefficient (Wildman–Crippen LogP) is 0.774. The molecule has 3 rings (SSSR count). The highest BCUT2D eigenvalue weighted by molar-refractivity contribution is 7.92. The lowest BCUT2D eigenvalue weighted by molar-refractivity contribution is -0.258. The van der Waals surface area contributed by atoms with Crippen molar-refractivity contribution in [2.24, 2.45) is 7.05 Å². The van der Waals surface area contributed by atoms with Crippen LogP contribution in [0.15, 0.2) is 35.6 Å². The summed E-state index contributed by atoms with van der Waals surface area (Å²) in [4.78, 5) is 3.71. The Morgan fingerprint density at radius 3 is 2.57 bits per heavy atom. The van der Waals surface area contributed by atoms with E-state index < -0.39 is 39.7 Å². The number of rotatable bonds is 2. The highest BCUT2D eigenvalue weighted by Gasteiger charge is 2.62. The van der Waals surface area contributed by atoms with Crippen molar-refractivity contribution in [3.05, 3.63) is 36.2 Å². The second kappa shape index (κ2) is 4.68. The lowest BCUT2D eigenvalue weighted by atomic mass is 9.97. The summed E-state index contributed by atoms with van der Waals surface area (Å²) in [6.07, 6.45) is -2.69. The maximum absolute atomic E-state index is 13.3. The number of halogens is 3. The third-order valence-electron chi connectivity index (χ3n) is 3.64. The van der Waals surface area contributed by atoms with E-state index in [1.807, 2.05) is 0 Å². The van der Waals surface area contributed by atoms with Crippen molar-refractivity contribution in [2.45, 2.75) is 16.8 Å². The number of anilines is 1. The molecule has 1 aliphatic rings. The van der Waals surface area contributed by atoms with Gasteiger partial charge in [0.2, 0.25) is 5.60 Å². The van der Waals surface area contributed by atoms with Gasteiger partial charge in [-0.25, -0.2) is 9.29 Å². The standard InChI is InChI=1S/C12H11F3N4O3S/c1-18-9(4-6-17-18)23(21,22)19-7-11(20,12(13,14)15)8-3-2-5-16-10(8)19/h2-6,20H,7H2,1H3. The van der Waals surface area contributed by atoms with Crippen LogP contribution < -0.4 is 4.31 Å². The van der Waals surface area contributed by atoms with Crippen LogP contribution in [0.5, 0.6) is 0 Å². The highest BCUT2D eigenvalue weighted by Crippen LogP contribution is 2.48. The Hall–Kier alpha value is -2.14. The van der Waals surface area contributed by atoms with Crippen LogP contribution >= 0.6 is 0 Å². The van der Waals surface area contributed by atoms with Gasteiger partial charge in [0.05, 0.1) is 12.7 Å². The van der Waals surface area contributed by atoms with E-state index in [1.165, 1.54) is 19.3 Å². The zero-order valence-electron chi connectivity index (χ0n) is 11.7. The van der Waals surface area contributed by atoms with Gasteiger partial charge in [-0.1, -0.05) is 6.07 Å². The van der Waals surface area contributed by atoms with E-state index in [9.17, 15) is 26.7 Å². The number of aliphatic hydroxyl groups is 1. The van der Waals surface area contributed by atoms with Crippen molar-refractivity contribution < 1.29 is 26.7 Å². The Morgan fingerprint density at radius 1 is 1.30 bits per heavy atom. The molecular formula is C12H11F3N4O3S. The van der Waals surface area contributed by atoms with Crippen molar-refractivity contribution in [3.63, 3.8) is 0 Å². The molecule has 0 spiro atoms. The molecule has 1 unspecified atom stereocenters. The third-order valence-corrected chi connectivity index (χ3v) is 5.45. The Balaban J connectivity index is 2.19. The van der Waals surface area contributed by atoms with Crippen molar-refractivity contribution >= 4 is 15.8 Å². The monoisotopic (exact) mass is 348 g/mol. The van der Waals surface area contributed by atoms with Gasteiger partial charge in [0.1, 0.15) is 5.82 Å². The van der Waals surface area contributed by atoms with Gasteiger partial charge < -0.3 is 5.11 Å². The van der Waals surface area contributed by atoms with Crippen LogP contribution in [0.25, 0.3) is 0 Å². The molecule has 2 aromatic heterocycles. The van der Waals surface area contributed by atoms with Gasteiger partial charge in [-0.15, -0.1) is 0 Å². The Labute approximate surface area is 129 Å². The molecule has 0 aromatic carbocycles. The number of fused-ring (bicyclic) bond motifs is 1. The lowest BCUT2D eigenvalue weighted by Crippen LogP contribution is -2.47. The molecule has 3 heterocycles. The van der Waals surface area contributed by atoms with Crippen molar-refractivity contribution in [1.29, 1.82) is 0 Å². The van der Waals surface area contributed by atoms with Crippen molar-refractivity contribution in [3.8, 4) is 0 Å². The number of hydrogen-bond donors (Lipinski definition) is 1. The van der Waals surface area contributed by atoms with Crippen molar-refractivity contribution in [1.82, 2.24) is 14.8 Å². The summed E-state index contributed by atoms with van der Waals surface area (Å²) in [5.41, 5.74) is -3.92. The zero-order valence-corrected chi connectivity index (χ0v) is 12.5. The first kappa shape index (κ1) is 15.7. The van der Waals surface area contributed by atoms with Crippen LogP contribution in [0.3, 0.4) is 0 Å². The predicted molar refractivity (Wildman–Crippen MR) is 71.9 cm³/mol. The minimum atomic E-state index is -5.05. The largest absolute Gasteiger partial charge is 0.423 e. The molecule has 11 heteroatoms. The van der Waals surface area contributed by atoms with Crippen LogP contribution in [-0.2, 0) is 22.7 Å². The molecule has 0 saturated carbocycles. The Kier molecular flexibility index (Phi) is 3.20. The number of hydrogen-bond acceptors (Lipinski definition) is 5. The molecule has 1 aliphatic heterocycles. The molecule has 0 radical (unpaired) electrons. The average molecular weight is 348 g/mol. The summed E-state index contributed by atoms with van der Waals surface area (Å²) in [5, 5.41) is 13.5. The first-order valence-electron chi connectivity index (χ1n) is 6.34. The molecule has 7 nitrogen and oxygen atoms in total. The highest BCUT2D eigenvalue weighted by atomic mass is 32.2. The summed E-state index contributed by atoms with van der Waals surface area (Å²) < 4.78 is 66.6. The summed E-state index contributed by atoms with van der Waals surface area (Å²) in [6.45, 7) is -1.20. The van der Waals surface area contributed by atoms with Gasteiger partial charge in [-0.3, -0.25) is 4.68 Å².